The van der Waals surface area contributed by atoms with E-state index in [-0.39, 0.29) is 22.8 Å². The molecule has 2 N–H and O–H groups in total. The van der Waals surface area contributed by atoms with E-state index in [1.807, 2.05) is 20.8 Å². The average molecular weight is 410 g/mol. The van der Waals surface area contributed by atoms with E-state index in [1.165, 1.54) is 18.2 Å². The molecule has 2 rings (SSSR count). The predicted octanol–water partition coefficient (Wildman–Crippen LogP) is 4.55. The van der Waals surface area contributed by atoms with Crippen LogP contribution in [0.4, 0.5) is 0 Å². The Morgan fingerprint density at radius 3 is 2.59 bits per heavy atom. The highest BCUT2D eigenvalue weighted by Crippen LogP contribution is 2.26. The molecular formula is C20H31N3O2S2. The minimum absolute atomic E-state index is 0.0447. The van der Waals surface area contributed by atoms with E-state index in [0.29, 0.717) is 22.9 Å². The number of aryl methyl sites for hydroxylation is 2. The van der Waals surface area contributed by atoms with Crippen molar-refractivity contribution in [1.82, 2.24) is 15.3 Å². The third kappa shape index (κ3) is 6.07. The molecule has 0 saturated carbocycles. The number of carbonyl (C=O) groups is 1. The van der Waals surface area contributed by atoms with Gasteiger partial charge < -0.3 is 10.3 Å². The molecule has 0 aromatic carbocycles. The number of thiophene rings is 1. The zero-order valence-corrected chi connectivity index (χ0v) is 18.8. The maximum atomic E-state index is 12.4. The summed E-state index contributed by atoms with van der Waals surface area (Å²) in [5.74, 6) is 1.88. The highest BCUT2D eigenvalue weighted by atomic mass is 32.2. The van der Waals surface area contributed by atoms with Gasteiger partial charge in [0.1, 0.15) is 10.7 Å². The Kier molecular flexibility index (Phi) is 7.91. The highest BCUT2D eigenvalue weighted by Gasteiger charge is 2.17. The van der Waals surface area contributed by atoms with Gasteiger partial charge in [-0.05, 0) is 45.6 Å². The van der Waals surface area contributed by atoms with Crippen molar-refractivity contribution in [2.75, 3.05) is 0 Å². The third-order valence-electron chi connectivity index (χ3n) is 4.73. The van der Waals surface area contributed by atoms with Crippen LogP contribution < -0.4 is 10.9 Å². The Bertz CT molecular complexity index is 842. The van der Waals surface area contributed by atoms with Crippen molar-refractivity contribution in [3.63, 3.8) is 0 Å². The summed E-state index contributed by atoms with van der Waals surface area (Å²) in [5, 5.41) is 3.59. The summed E-state index contributed by atoms with van der Waals surface area (Å²) >= 11 is 3.04. The number of fused-ring (bicyclic) bond motifs is 1. The van der Waals surface area contributed by atoms with Crippen molar-refractivity contribution in [2.24, 2.45) is 5.92 Å². The molecule has 5 nitrogen and oxygen atoms in total. The Morgan fingerprint density at radius 1 is 1.22 bits per heavy atom. The normalized spacial score (nSPS) is 13.9. The number of thioether (sulfide) groups is 1. The van der Waals surface area contributed by atoms with Gasteiger partial charge in [0.05, 0.1) is 16.4 Å². The molecule has 150 valence electrons. The summed E-state index contributed by atoms with van der Waals surface area (Å²) in [4.78, 5) is 34.0. The summed E-state index contributed by atoms with van der Waals surface area (Å²) in [7, 11) is 0. The molecule has 2 heterocycles. The van der Waals surface area contributed by atoms with Crippen LogP contribution >= 0.6 is 23.1 Å². The molecule has 0 saturated heterocycles. The number of aromatic nitrogens is 2. The third-order valence-corrected chi connectivity index (χ3v) is 6.99. The molecule has 0 spiro atoms. The van der Waals surface area contributed by atoms with Crippen molar-refractivity contribution in [3.8, 4) is 0 Å². The number of nitrogens with one attached hydrogen (secondary N) is 2. The van der Waals surface area contributed by atoms with Crippen LogP contribution in [0.5, 0.6) is 0 Å². The van der Waals surface area contributed by atoms with Crippen molar-refractivity contribution in [1.29, 1.82) is 0 Å². The smallest absolute Gasteiger partial charge is 0.259 e. The van der Waals surface area contributed by atoms with Crippen LogP contribution in [0.3, 0.4) is 0 Å². The number of carbonyl (C=O) groups excluding carboxylic acids is 1. The van der Waals surface area contributed by atoms with Crippen LogP contribution in [0.15, 0.2) is 4.79 Å². The van der Waals surface area contributed by atoms with Crippen LogP contribution in [0.2, 0.25) is 0 Å². The summed E-state index contributed by atoms with van der Waals surface area (Å²) in [6.45, 7) is 12.4. The standard InChI is InChI=1S/C20H31N3O2S2/c1-11(2)8-7-9-12(3)21-18(24)15(6)26-10-16-22-19(25)17-13(4)14(5)27-20(17)23-16/h11-12,15H,7-10H2,1-6H3,(H,21,24)(H,22,23,25). The van der Waals surface area contributed by atoms with Gasteiger partial charge in [0.2, 0.25) is 5.91 Å². The fourth-order valence-corrected chi connectivity index (χ4v) is 4.72. The van der Waals surface area contributed by atoms with E-state index in [1.54, 1.807) is 11.3 Å². The van der Waals surface area contributed by atoms with Crippen LogP contribution in [0.1, 0.15) is 63.2 Å². The van der Waals surface area contributed by atoms with E-state index in [9.17, 15) is 9.59 Å². The molecule has 0 bridgehead atoms. The second-order valence-corrected chi connectivity index (χ2v) is 10.2. The Hall–Kier alpha value is -1.34. The number of nitrogens with zero attached hydrogens (tertiary/aromatic N) is 1. The fourth-order valence-electron chi connectivity index (χ4n) is 2.91. The molecule has 0 aliphatic carbocycles. The molecule has 0 radical (unpaired) electrons. The van der Waals surface area contributed by atoms with Crippen LogP contribution in [0.25, 0.3) is 10.2 Å². The van der Waals surface area contributed by atoms with E-state index < -0.39 is 0 Å². The summed E-state index contributed by atoms with van der Waals surface area (Å²) < 4.78 is 0. The van der Waals surface area contributed by atoms with E-state index in [2.05, 4.69) is 36.1 Å². The van der Waals surface area contributed by atoms with Gasteiger partial charge in [-0.15, -0.1) is 23.1 Å². The summed E-state index contributed by atoms with van der Waals surface area (Å²) in [5.41, 5.74) is 0.912. The molecule has 1 amide bonds. The van der Waals surface area contributed by atoms with Gasteiger partial charge in [-0.25, -0.2) is 4.98 Å². The molecule has 2 atom stereocenters. The van der Waals surface area contributed by atoms with Gasteiger partial charge in [-0.2, -0.15) is 0 Å². The maximum absolute atomic E-state index is 12.4. The molecule has 2 aromatic rings. The second-order valence-electron chi connectivity index (χ2n) is 7.66. The van der Waals surface area contributed by atoms with Crippen LogP contribution in [-0.2, 0) is 10.5 Å². The van der Waals surface area contributed by atoms with Gasteiger partial charge in [-0.1, -0.05) is 26.7 Å². The number of H-pyrrole nitrogens is 1. The van der Waals surface area contributed by atoms with Crippen molar-refractivity contribution in [3.05, 3.63) is 26.6 Å². The Balaban J connectivity index is 1.89. The quantitative estimate of drug-likeness (QED) is 0.637. The lowest BCUT2D eigenvalue weighted by Gasteiger charge is -2.17. The average Bonchev–Trinajstić information content (AvgIpc) is 2.86. The summed E-state index contributed by atoms with van der Waals surface area (Å²) in [6.07, 6.45) is 3.32. The van der Waals surface area contributed by atoms with Gasteiger partial charge in [-0.3, -0.25) is 9.59 Å². The molecular weight excluding hydrogens is 378 g/mol. The van der Waals surface area contributed by atoms with Crippen molar-refractivity contribution >= 4 is 39.2 Å². The Morgan fingerprint density at radius 2 is 1.93 bits per heavy atom. The van der Waals surface area contributed by atoms with E-state index in [4.69, 9.17) is 0 Å². The van der Waals surface area contributed by atoms with Crippen molar-refractivity contribution in [2.45, 2.75) is 77.8 Å². The largest absolute Gasteiger partial charge is 0.353 e. The number of hydrogen-bond acceptors (Lipinski definition) is 5. The second kappa shape index (κ2) is 9.73. The maximum Gasteiger partial charge on any atom is 0.259 e. The zero-order chi connectivity index (χ0) is 20.1. The SMILES string of the molecule is Cc1sc2nc(CSC(C)C(=O)NC(C)CCCC(C)C)[nH]c(=O)c2c1C. The summed E-state index contributed by atoms with van der Waals surface area (Å²) in [6, 6.07) is 0.186. The number of amides is 1. The van der Waals surface area contributed by atoms with Gasteiger partial charge in [0.15, 0.2) is 0 Å². The van der Waals surface area contributed by atoms with Gasteiger partial charge >= 0.3 is 0 Å². The Labute approximate surface area is 169 Å². The van der Waals surface area contributed by atoms with E-state index >= 15 is 0 Å². The minimum atomic E-state index is -0.189. The van der Waals surface area contributed by atoms with E-state index in [0.717, 1.165) is 28.1 Å². The van der Waals surface area contributed by atoms with Crippen molar-refractivity contribution < 1.29 is 4.79 Å². The van der Waals surface area contributed by atoms with Crippen LogP contribution in [-0.4, -0.2) is 27.2 Å². The molecule has 0 aliphatic rings. The lowest BCUT2D eigenvalue weighted by atomic mass is 10.0. The molecule has 0 aliphatic heterocycles. The minimum Gasteiger partial charge on any atom is -0.353 e. The fraction of sp³-hybridized carbons (Fsp3) is 0.650. The molecule has 7 heteroatoms. The number of hydrogen-bond donors (Lipinski definition) is 2. The first-order chi connectivity index (χ1) is 12.7. The zero-order valence-electron chi connectivity index (χ0n) is 17.1. The predicted molar refractivity (Wildman–Crippen MR) is 117 cm³/mol. The molecule has 2 aromatic heterocycles. The monoisotopic (exact) mass is 409 g/mol. The molecule has 2 unspecified atom stereocenters. The lowest BCUT2D eigenvalue weighted by Crippen LogP contribution is -2.37. The molecule has 0 fully saturated rings. The first-order valence-electron chi connectivity index (χ1n) is 9.59. The highest BCUT2D eigenvalue weighted by molar-refractivity contribution is 7.99. The number of aromatic amines is 1. The topological polar surface area (TPSA) is 74.8 Å². The lowest BCUT2D eigenvalue weighted by molar-refractivity contribution is -0.120. The molecule has 27 heavy (non-hydrogen) atoms. The van der Waals surface area contributed by atoms with Gasteiger partial charge in [0.25, 0.3) is 5.56 Å². The number of rotatable bonds is 9. The first-order valence-corrected chi connectivity index (χ1v) is 11.5. The van der Waals surface area contributed by atoms with Crippen LogP contribution in [0, 0.1) is 19.8 Å². The first kappa shape index (κ1) is 22.0. The van der Waals surface area contributed by atoms with Gasteiger partial charge in [0, 0.05) is 10.9 Å².